The lowest BCUT2D eigenvalue weighted by Crippen LogP contribution is -2.49. The van der Waals surface area contributed by atoms with Crippen LogP contribution in [-0.4, -0.2) is 38.9 Å². The Morgan fingerprint density at radius 1 is 1.60 bits per heavy atom. The predicted molar refractivity (Wildman–Crippen MR) is 76.1 cm³/mol. The summed E-state index contributed by atoms with van der Waals surface area (Å²) in [7, 11) is 0. The summed E-state index contributed by atoms with van der Waals surface area (Å²) in [6, 6.07) is 3.03. The summed E-state index contributed by atoms with van der Waals surface area (Å²) in [5.74, 6) is 0.164. The van der Waals surface area contributed by atoms with Crippen LogP contribution in [0.3, 0.4) is 0 Å². The number of hydrogen-bond donors (Lipinski definition) is 1. The molecule has 20 heavy (non-hydrogen) atoms. The molecule has 2 atom stereocenters. The summed E-state index contributed by atoms with van der Waals surface area (Å²) >= 11 is 3.96. The Labute approximate surface area is 124 Å². The number of carbonyl (C=O) groups excluding carboxylic acids is 1. The zero-order valence-corrected chi connectivity index (χ0v) is 12.5. The molecule has 2 rings (SSSR count). The van der Waals surface area contributed by atoms with Gasteiger partial charge < -0.3 is 9.29 Å². The fourth-order valence-corrected chi connectivity index (χ4v) is 2.81. The van der Waals surface area contributed by atoms with Gasteiger partial charge in [0, 0.05) is 0 Å². The van der Waals surface area contributed by atoms with Crippen LogP contribution in [-0.2, 0) is 26.4 Å². The number of morpholine rings is 1. The summed E-state index contributed by atoms with van der Waals surface area (Å²) in [5, 5.41) is 0.192. The minimum absolute atomic E-state index is 0.00591. The van der Waals surface area contributed by atoms with Crippen LogP contribution in [0.1, 0.15) is 18.9 Å². The maximum absolute atomic E-state index is 12.0. The first-order valence-electron chi connectivity index (χ1n) is 6.15. The van der Waals surface area contributed by atoms with Crippen LogP contribution >= 0.6 is 11.6 Å². The zero-order chi connectivity index (χ0) is 14.7. The molecule has 0 bridgehead atoms. The Morgan fingerprint density at radius 2 is 2.35 bits per heavy atom. The molecule has 1 N–H and O–H groups in total. The smallest absolute Gasteiger partial charge is 0.254 e. The lowest BCUT2D eigenvalue weighted by atomic mass is 10.1. The van der Waals surface area contributed by atoms with Gasteiger partial charge in [-0.2, -0.15) is 0 Å². The van der Waals surface area contributed by atoms with Gasteiger partial charge >= 0.3 is 0 Å². The SMILES string of the molecule is CC[C@H]1COCC(=O)N1c1cc(CS(=O)O)cc(Cl)n1. The van der Waals surface area contributed by atoms with Crippen LogP contribution in [0.4, 0.5) is 5.82 Å². The molecule has 0 aromatic carbocycles. The minimum Gasteiger partial charge on any atom is -0.369 e. The van der Waals surface area contributed by atoms with Gasteiger partial charge in [0.2, 0.25) is 0 Å². The number of hydrogen-bond acceptors (Lipinski definition) is 4. The second-order valence-electron chi connectivity index (χ2n) is 4.46. The van der Waals surface area contributed by atoms with E-state index in [4.69, 9.17) is 20.9 Å². The molecule has 110 valence electrons. The second kappa shape index (κ2) is 6.62. The van der Waals surface area contributed by atoms with Gasteiger partial charge in [-0.25, -0.2) is 9.19 Å². The predicted octanol–water partition coefficient (Wildman–Crippen LogP) is 1.60. The average Bonchev–Trinajstić information content (AvgIpc) is 2.36. The number of ether oxygens (including phenoxy) is 1. The topological polar surface area (TPSA) is 79.7 Å². The monoisotopic (exact) mass is 318 g/mol. The van der Waals surface area contributed by atoms with Crippen molar-refractivity contribution in [3.05, 3.63) is 22.8 Å². The summed E-state index contributed by atoms with van der Waals surface area (Å²) in [6.07, 6.45) is 0.723. The van der Waals surface area contributed by atoms with E-state index in [0.29, 0.717) is 18.0 Å². The van der Waals surface area contributed by atoms with E-state index in [9.17, 15) is 9.00 Å². The number of pyridine rings is 1. The Hall–Kier alpha value is -1.02. The van der Waals surface area contributed by atoms with Crippen LogP contribution in [0.25, 0.3) is 0 Å². The molecule has 0 radical (unpaired) electrons. The van der Waals surface area contributed by atoms with E-state index in [2.05, 4.69) is 4.98 Å². The van der Waals surface area contributed by atoms with E-state index >= 15 is 0 Å². The number of halogens is 1. The van der Waals surface area contributed by atoms with Gasteiger partial charge in [-0.1, -0.05) is 18.5 Å². The van der Waals surface area contributed by atoms with Crippen LogP contribution in [0.15, 0.2) is 12.1 Å². The first-order valence-corrected chi connectivity index (χ1v) is 7.80. The fourth-order valence-electron chi connectivity index (χ4n) is 2.13. The molecule has 1 aromatic rings. The number of anilines is 1. The minimum atomic E-state index is -1.97. The third kappa shape index (κ3) is 3.54. The fraction of sp³-hybridized carbons (Fsp3) is 0.500. The molecular formula is C12H15ClN2O4S. The standard InChI is InChI=1S/C12H15ClN2O4S/c1-2-9-5-19-6-12(16)15(9)11-4-8(7-20(17)18)3-10(13)14-11/h3-4,9H,2,5-7H2,1H3,(H,17,18)/t9-/m0/s1. The van der Waals surface area contributed by atoms with Gasteiger partial charge in [0.1, 0.15) is 17.6 Å². The van der Waals surface area contributed by atoms with Crippen molar-refractivity contribution in [2.24, 2.45) is 0 Å². The zero-order valence-electron chi connectivity index (χ0n) is 10.9. The molecule has 1 amide bonds. The van der Waals surface area contributed by atoms with Crippen molar-refractivity contribution < 1.29 is 18.3 Å². The van der Waals surface area contributed by atoms with Crippen molar-refractivity contribution >= 4 is 34.4 Å². The van der Waals surface area contributed by atoms with Gasteiger partial charge in [-0.3, -0.25) is 9.69 Å². The van der Waals surface area contributed by atoms with Crippen LogP contribution in [0.5, 0.6) is 0 Å². The maximum Gasteiger partial charge on any atom is 0.254 e. The quantitative estimate of drug-likeness (QED) is 0.673. The molecule has 1 aliphatic rings. The van der Waals surface area contributed by atoms with Gasteiger partial charge in [0.25, 0.3) is 5.91 Å². The molecule has 1 fully saturated rings. The number of carbonyl (C=O) groups is 1. The molecule has 0 aliphatic carbocycles. The van der Waals surface area contributed by atoms with Crippen LogP contribution in [0, 0.1) is 0 Å². The molecule has 6 nitrogen and oxygen atoms in total. The highest BCUT2D eigenvalue weighted by molar-refractivity contribution is 7.78. The van der Waals surface area contributed by atoms with Crippen molar-refractivity contribution in [1.82, 2.24) is 4.98 Å². The third-order valence-corrected chi connectivity index (χ3v) is 3.79. The number of aromatic nitrogens is 1. The molecule has 2 heterocycles. The number of amides is 1. The highest BCUT2D eigenvalue weighted by Crippen LogP contribution is 2.24. The summed E-state index contributed by atoms with van der Waals surface area (Å²) < 4.78 is 25.1. The molecular weight excluding hydrogens is 304 g/mol. The second-order valence-corrected chi connectivity index (χ2v) is 5.78. The average molecular weight is 319 g/mol. The first kappa shape index (κ1) is 15.4. The van der Waals surface area contributed by atoms with E-state index in [-0.39, 0.29) is 29.5 Å². The van der Waals surface area contributed by atoms with Gasteiger partial charge in [0.05, 0.1) is 18.4 Å². The van der Waals surface area contributed by atoms with Crippen molar-refractivity contribution in [3.63, 3.8) is 0 Å². The Morgan fingerprint density at radius 3 is 3.00 bits per heavy atom. The molecule has 1 saturated heterocycles. The summed E-state index contributed by atoms with van der Waals surface area (Å²) in [5.41, 5.74) is 0.565. The summed E-state index contributed by atoms with van der Waals surface area (Å²) in [6.45, 7) is 2.40. The maximum atomic E-state index is 12.0. The molecule has 0 saturated carbocycles. The van der Waals surface area contributed by atoms with Crippen molar-refractivity contribution in [2.75, 3.05) is 18.1 Å². The van der Waals surface area contributed by atoms with E-state index in [1.54, 1.807) is 11.0 Å². The van der Waals surface area contributed by atoms with Crippen LogP contribution in [0.2, 0.25) is 5.15 Å². The Kier molecular flexibility index (Phi) is 5.09. The van der Waals surface area contributed by atoms with E-state index in [0.717, 1.165) is 6.42 Å². The van der Waals surface area contributed by atoms with Gasteiger partial charge in [-0.05, 0) is 24.1 Å². The highest BCUT2D eigenvalue weighted by atomic mass is 35.5. The number of nitrogens with zero attached hydrogens (tertiary/aromatic N) is 2. The van der Waals surface area contributed by atoms with E-state index in [1.165, 1.54) is 6.07 Å². The Balaban J connectivity index is 2.36. The van der Waals surface area contributed by atoms with Crippen molar-refractivity contribution in [3.8, 4) is 0 Å². The molecule has 0 spiro atoms. The third-order valence-electron chi connectivity index (χ3n) is 3.02. The van der Waals surface area contributed by atoms with Gasteiger partial charge in [0.15, 0.2) is 11.1 Å². The summed E-state index contributed by atoms with van der Waals surface area (Å²) in [4.78, 5) is 17.7. The van der Waals surface area contributed by atoms with Crippen LogP contribution < -0.4 is 4.90 Å². The molecule has 1 aromatic heterocycles. The number of rotatable bonds is 4. The van der Waals surface area contributed by atoms with Crippen molar-refractivity contribution in [1.29, 1.82) is 0 Å². The van der Waals surface area contributed by atoms with E-state index in [1.807, 2.05) is 6.92 Å². The van der Waals surface area contributed by atoms with Crippen molar-refractivity contribution in [2.45, 2.75) is 25.1 Å². The molecule has 8 heteroatoms. The molecule has 1 unspecified atom stereocenters. The highest BCUT2D eigenvalue weighted by Gasteiger charge is 2.30. The first-order chi connectivity index (χ1) is 9.51. The van der Waals surface area contributed by atoms with Gasteiger partial charge in [-0.15, -0.1) is 0 Å². The Bertz CT molecular complexity index is 540. The molecule has 1 aliphatic heterocycles. The lowest BCUT2D eigenvalue weighted by molar-refractivity contribution is -0.127. The normalized spacial score (nSPS) is 21.1. The lowest BCUT2D eigenvalue weighted by Gasteiger charge is -2.34. The van der Waals surface area contributed by atoms with E-state index < -0.39 is 11.1 Å². The largest absolute Gasteiger partial charge is 0.369 e.